The van der Waals surface area contributed by atoms with Crippen LogP contribution in [0.3, 0.4) is 0 Å². The summed E-state index contributed by atoms with van der Waals surface area (Å²) >= 11 is 0. The van der Waals surface area contributed by atoms with E-state index in [4.69, 9.17) is 10.4 Å². The summed E-state index contributed by atoms with van der Waals surface area (Å²) in [6.07, 6.45) is 3.78. The highest BCUT2D eigenvalue weighted by molar-refractivity contribution is 5.97. The minimum Gasteiger partial charge on any atom is -0.481 e. The van der Waals surface area contributed by atoms with Gasteiger partial charge in [0, 0.05) is 23.8 Å². The normalized spacial score (nSPS) is 21.5. The number of Topliss-reactive ketones (excluding diaryl/α,β-unsaturated/α-hetero) is 1. The smallest absolute Gasteiger partial charge is 0.303 e. The molecule has 1 aliphatic rings. The van der Waals surface area contributed by atoms with Crippen molar-refractivity contribution in [1.29, 1.82) is 5.26 Å². The first kappa shape index (κ1) is 15.2. The predicted octanol–water partition coefficient (Wildman–Crippen LogP) is 3.22. The molecule has 0 radical (unpaired) electrons. The lowest BCUT2D eigenvalue weighted by Crippen LogP contribution is -2.21. The largest absolute Gasteiger partial charge is 0.481 e. The maximum atomic E-state index is 12.4. The number of carbonyl (C=O) groups is 2. The Morgan fingerprint density at radius 1 is 1.14 bits per heavy atom. The number of hydrogen-bond acceptors (Lipinski definition) is 3. The molecule has 1 saturated carbocycles. The summed E-state index contributed by atoms with van der Waals surface area (Å²) in [5.41, 5.74) is 1.62. The van der Waals surface area contributed by atoms with Crippen molar-refractivity contribution >= 4 is 11.8 Å². The molecule has 0 aromatic heterocycles. The number of benzene rings is 1. The van der Waals surface area contributed by atoms with Crippen molar-refractivity contribution in [3.8, 4) is 6.07 Å². The Hall–Kier alpha value is -2.15. The molecule has 1 aromatic carbocycles. The summed E-state index contributed by atoms with van der Waals surface area (Å²) in [7, 11) is 0. The van der Waals surface area contributed by atoms with E-state index >= 15 is 0 Å². The Morgan fingerprint density at radius 3 is 2.29 bits per heavy atom. The fourth-order valence-corrected chi connectivity index (χ4v) is 2.81. The van der Waals surface area contributed by atoms with E-state index in [2.05, 4.69) is 6.07 Å². The Morgan fingerprint density at radius 2 is 1.76 bits per heavy atom. The zero-order valence-corrected chi connectivity index (χ0v) is 11.9. The second-order valence-electron chi connectivity index (χ2n) is 5.63. The lowest BCUT2D eigenvalue weighted by atomic mass is 9.79. The van der Waals surface area contributed by atoms with Crippen molar-refractivity contribution in [2.75, 3.05) is 0 Å². The lowest BCUT2D eigenvalue weighted by Gasteiger charge is -2.23. The maximum Gasteiger partial charge on any atom is 0.303 e. The van der Waals surface area contributed by atoms with Crippen LogP contribution in [0.15, 0.2) is 24.3 Å². The van der Waals surface area contributed by atoms with Gasteiger partial charge in [-0.05, 0) is 37.7 Å². The molecule has 1 aromatic rings. The SMILES string of the molecule is N#C[C@H]1CC[C@H](C(=O)c2ccc(CCC(=O)O)cc2)CC1. The Labute approximate surface area is 124 Å². The highest BCUT2D eigenvalue weighted by atomic mass is 16.4. The average Bonchev–Trinajstić information content (AvgIpc) is 2.53. The number of aliphatic carboxylic acids is 1. The molecule has 0 heterocycles. The van der Waals surface area contributed by atoms with Gasteiger partial charge in [0.2, 0.25) is 0 Å². The van der Waals surface area contributed by atoms with Crippen molar-refractivity contribution in [1.82, 2.24) is 0 Å². The van der Waals surface area contributed by atoms with E-state index in [0.717, 1.165) is 31.2 Å². The van der Waals surface area contributed by atoms with Crippen LogP contribution < -0.4 is 0 Å². The highest BCUT2D eigenvalue weighted by Crippen LogP contribution is 2.30. The van der Waals surface area contributed by atoms with Crippen LogP contribution >= 0.6 is 0 Å². The van der Waals surface area contributed by atoms with Crippen LogP contribution in [0, 0.1) is 23.2 Å². The van der Waals surface area contributed by atoms with E-state index in [-0.39, 0.29) is 24.0 Å². The molecular weight excluding hydrogens is 266 g/mol. The Kier molecular flexibility index (Phi) is 5.10. The van der Waals surface area contributed by atoms with Crippen molar-refractivity contribution in [3.63, 3.8) is 0 Å². The van der Waals surface area contributed by atoms with E-state index in [9.17, 15) is 9.59 Å². The molecular formula is C17H19NO3. The number of ketones is 1. The van der Waals surface area contributed by atoms with Gasteiger partial charge < -0.3 is 5.11 Å². The quantitative estimate of drug-likeness (QED) is 0.842. The third-order valence-corrected chi connectivity index (χ3v) is 4.15. The minimum atomic E-state index is -0.815. The van der Waals surface area contributed by atoms with E-state index in [0.29, 0.717) is 12.0 Å². The molecule has 21 heavy (non-hydrogen) atoms. The molecule has 1 N–H and O–H groups in total. The van der Waals surface area contributed by atoms with E-state index in [1.807, 2.05) is 12.1 Å². The number of carboxylic acid groups (broad SMARTS) is 1. The standard InChI is InChI=1S/C17H19NO3/c18-11-13-3-8-15(9-4-13)17(21)14-6-1-12(2-7-14)5-10-16(19)20/h1-2,6-7,13,15H,3-5,8-10H2,(H,19,20)/t13-,15-. The molecule has 4 nitrogen and oxygen atoms in total. The van der Waals surface area contributed by atoms with Gasteiger partial charge in [0.05, 0.1) is 6.07 Å². The first-order chi connectivity index (χ1) is 10.1. The molecule has 0 saturated heterocycles. The van der Waals surface area contributed by atoms with Crippen LogP contribution in [0.2, 0.25) is 0 Å². The number of nitriles is 1. The highest BCUT2D eigenvalue weighted by Gasteiger charge is 2.26. The minimum absolute atomic E-state index is 0.0273. The lowest BCUT2D eigenvalue weighted by molar-refractivity contribution is -0.136. The van der Waals surface area contributed by atoms with E-state index in [1.165, 1.54) is 0 Å². The molecule has 0 aliphatic heterocycles. The second kappa shape index (κ2) is 7.03. The number of carbonyl (C=O) groups excluding carboxylic acids is 1. The van der Waals surface area contributed by atoms with Gasteiger partial charge in [-0.1, -0.05) is 24.3 Å². The molecule has 0 spiro atoms. The number of rotatable bonds is 5. The summed E-state index contributed by atoms with van der Waals surface area (Å²) < 4.78 is 0. The molecule has 0 atom stereocenters. The molecule has 0 bridgehead atoms. The van der Waals surface area contributed by atoms with Crippen LogP contribution in [0.1, 0.15) is 48.0 Å². The Balaban J connectivity index is 1.94. The topological polar surface area (TPSA) is 78.2 Å². The predicted molar refractivity (Wildman–Crippen MR) is 77.8 cm³/mol. The molecule has 110 valence electrons. The molecule has 4 heteroatoms. The van der Waals surface area contributed by atoms with Gasteiger partial charge >= 0.3 is 5.97 Å². The molecule has 1 aliphatic carbocycles. The third kappa shape index (κ3) is 4.16. The number of aryl methyl sites for hydroxylation is 1. The van der Waals surface area contributed by atoms with Gasteiger partial charge in [-0.3, -0.25) is 9.59 Å². The van der Waals surface area contributed by atoms with Crippen LogP contribution in [0.25, 0.3) is 0 Å². The van der Waals surface area contributed by atoms with Crippen LogP contribution in [0.5, 0.6) is 0 Å². The maximum absolute atomic E-state index is 12.4. The summed E-state index contributed by atoms with van der Waals surface area (Å²) in [5.74, 6) is -0.535. The second-order valence-corrected chi connectivity index (χ2v) is 5.63. The van der Waals surface area contributed by atoms with Crippen LogP contribution in [-0.4, -0.2) is 16.9 Å². The molecule has 2 rings (SSSR count). The van der Waals surface area contributed by atoms with Crippen LogP contribution in [-0.2, 0) is 11.2 Å². The van der Waals surface area contributed by atoms with Gasteiger partial charge in [0.1, 0.15) is 0 Å². The number of nitrogens with zero attached hydrogens (tertiary/aromatic N) is 1. The van der Waals surface area contributed by atoms with E-state index < -0.39 is 5.97 Å². The molecule has 1 fully saturated rings. The zero-order chi connectivity index (χ0) is 15.2. The number of hydrogen-bond donors (Lipinski definition) is 1. The van der Waals surface area contributed by atoms with Gasteiger partial charge in [-0.15, -0.1) is 0 Å². The number of carboxylic acids is 1. The van der Waals surface area contributed by atoms with E-state index in [1.54, 1.807) is 12.1 Å². The average molecular weight is 285 g/mol. The summed E-state index contributed by atoms with van der Waals surface area (Å²) in [6, 6.07) is 9.51. The van der Waals surface area contributed by atoms with Gasteiger partial charge in [-0.2, -0.15) is 5.26 Å². The first-order valence-corrected chi connectivity index (χ1v) is 7.34. The Bertz CT molecular complexity index is 548. The molecule has 0 amide bonds. The van der Waals surface area contributed by atoms with Gasteiger partial charge in [0.25, 0.3) is 0 Å². The van der Waals surface area contributed by atoms with Crippen LogP contribution in [0.4, 0.5) is 0 Å². The summed E-state index contributed by atoms with van der Waals surface area (Å²) in [6.45, 7) is 0. The van der Waals surface area contributed by atoms with Crippen molar-refractivity contribution < 1.29 is 14.7 Å². The van der Waals surface area contributed by atoms with Crippen molar-refractivity contribution in [2.24, 2.45) is 11.8 Å². The zero-order valence-electron chi connectivity index (χ0n) is 11.9. The summed E-state index contributed by atoms with van der Waals surface area (Å²) in [4.78, 5) is 22.9. The molecule has 0 unspecified atom stereocenters. The monoisotopic (exact) mass is 285 g/mol. The van der Waals surface area contributed by atoms with Gasteiger partial charge in [0.15, 0.2) is 5.78 Å². The summed E-state index contributed by atoms with van der Waals surface area (Å²) in [5, 5.41) is 17.5. The van der Waals surface area contributed by atoms with Crippen molar-refractivity contribution in [2.45, 2.75) is 38.5 Å². The van der Waals surface area contributed by atoms with Gasteiger partial charge in [-0.25, -0.2) is 0 Å². The third-order valence-electron chi connectivity index (χ3n) is 4.15. The van der Waals surface area contributed by atoms with Crippen molar-refractivity contribution in [3.05, 3.63) is 35.4 Å². The first-order valence-electron chi connectivity index (χ1n) is 7.34. The fourth-order valence-electron chi connectivity index (χ4n) is 2.81. The fraction of sp³-hybridized carbons (Fsp3) is 0.471.